The Balaban J connectivity index is 1.84. The van der Waals surface area contributed by atoms with Crippen LogP contribution in [0, 0.1) is 0 Å². The Hall–Kier alpha value is -1.48. The van der Waals surface area contributed by atoms with Crippen LogP contribution in [0.1, 0.15) is 25.5 Å². The van der Waals surface area contributed by atoms with E-state index in [0.29, 0.717) is 21.5 Å². The first-order valence-corrected chi connectivity index (χ1v) is 10.7. The zero-order valence-corrected chi connectivity index (χ0v) is 18.4. The van der Waals surface area contributed by atoms with E-state index in [1.807, 2.05) is 49.4 Å². The first-order chi connectivity index (χ1) is 12.9. The van der Waals surface area contributed by atoms with Crippen LogP contribution in [-0.2, 0) is 4.79 Å². The molecule has 0 amide bonds. The third kappa shape index (κ3) is 4.51. The Kier molecular flexibility index (Phi) is 6.52. The molecule has 1 atom stereocenters. The molecule has 4 nitrogen and oxygen atoms in total. The summed E-state index contributed by atoms with van der Waals surface area (Å²) in [5, 5.41) is 9.51. The summed E-state index contributed by atoms with van der Waals surface area (Å²) in [4.78, 5) is 14.3. The molecule has 1 unspecified atom stereocenters. The van der Waals surface area contributed by atoms with Gasteiger partial charge in [0, 0.05) is 10.0 Å². The van der Waals surface area contributed by atoms with Crippen LogP contribution in [0.25, 0.3) is 17.4 Å². The number of carbonyl (C=O) groups is 1. The van der Waals surface area contributed by atoms with Crippen LogP contribution in [0.2, 0.25) is 0 Å². The number of thioether (sulfide) groups is 1. The SMILES string of the molecule is CCCC(C(=O)O)N1C(=S)S/C(=C\c2ccc(-c3ccc(Br)cc3)o2)C1=S. The highest BCUT2D eigenvalue weighted by atomic mass is 79.9. The van der Waals surface area contributed by atoms with Gasteiger partial charge in [-0.3, -0.25) is 0 Å². The van der Waals surface area contributed by atoms with Gasteiger partial charge in [-0.05, 0) is 36.8 Å². The summed E-state index contributed by atoms with van der Waals surface area (Å²) in [6, 6.07) is 10.9. The van der Waals surface area contributed by atoms with Crippen LogP contribution in [0.5, 0.6) is 0 Å². The van der Waals surface area contributed by atoms with Crippen molar-refractivity contribution in [2.45, 2.75) is 25.8 Å². The molecule has 2 heterocycles. The molecule has 1 N–H and O–H groups in total. The fraction of sp³-hybridized carbons (Fsp3) is 0.211. The van der Waals surface area contributed by atoms with Crippen molar-refractivity contribution >= 4 is 73.5 Å². The molecule has 0 bridgehead atoms. The number of nitrogens with zero attached hydrogens (tertiary/aromatic N) is 1. The van der Waals surface area contributed by atoms with Crippen molar-refractivity contribution in [2.75, 3.05) is 0 Å². The molecule has 0 saturated carbocycles. The molecule has 0 spiro atoms. The molecule has 27 heavy (non-hydrogen) atoms. The van der Waals surface area contributed by atoms with Gasteiger partial charge in [-0.25, -0.2) is 4.79 Å². The normalized spacial score (nSPS) is 17.0. The Labute approximate surface area is 180 Å². The van der Waals surface area contributed by atoms with E-state index in [2.05, 4.69) is 15.9 Å². The maximum Gasteiger partial charge on any atom is 0.326 e. The number of rotatable bonds is 6. The number of aliphatic carboxylic acids is 1. The van der Waals surface area contributed by atoms with E-state index >= 15 is 0 Å². The highest BCUT2D eigenvalue weighted by molar-refractivity contribution is 9.10. The summed E-state index contributed by atoms with van der Waals surface area (Å²) >= 11 is 15.6. The summed E-state index contributed by atoms with van der Waals surface area (Å²) in [7, 11) is 0. The smallest absolute Gasteiger partial charge is 0.326 e. The molecule has 140 valence electrons. The minimum Gasteiger partial charge on any atom is -0.480 e. The Morgan fingerprint density at radius 1 is 1.30 bits per heavy atom. The van der Waals surface area contributed by atoms with Crippen LogP contribution in [0.4, 0.5) is 0 Å². The standard InChI is InChI=1S/C19H16BrNO3S3/c1-2-3-14(18(22)23)21-17(25)16(27-19(21)26)10-13-8-9-15(24-13)11-4-6-12(20)7-5-11/h4-10,14H,2-3H2,1H3,(H,22,23)/b16-10-. The molecule has 8 heteroatoms. The molecular formula is C19H16BrNO3S3. The molecule has 1 aliphatic rings. The summed E-state index contributed by atoms with van der Waals surface area (Å²) in [5.41, 5.74) is 0.968. The van der Waals surface area contributed by atoms with Gasteiger partial charge >= 0.3 is 5.97 Å². The third-order valence-corrected chi connectivity index (χ3v) is 6.43. The Morgan fingerprint density at radius 2 is 2.00 bits per heavy atom. The van der Waals surface area contributed by atoms with Crippen molar-refractivity contribution in [1.82, 2.24) is 4.90 Å². The molecule has 1 aromatic heterocycles. The topological polar surface area (TPSA) is 53.7 Å². The lowest BCUT2D eigenvalue weighted by Crippen LogP contribution is -2.43. The van der Waals surface area contributed by atoms with Gasteiger partial charge in [-0.15, -0.1) is 0 Å². The van der Waals surface area contributed by atoms with Crippen molar-refractivity contribution in [3.63, 3.8) is 0 Å². The number of thiocarbonyl (C=S) groups is 2. The predicted molar refractivity (Wildman–Crippen MR) is 121 cm³/mol. The van der Waals surface area contributed by atoms with Crippen molar-refractivity contribution in [3.05, 3.63) is 51.5 Å². The lowest BCUT2D eigenvalue weighted by Gasteiger charge is -2.24. The molecule has 2 aromatic rings. The molecule has 1 aromatic carbocycles. The molecular weight excluding hydrogens is 466 g/mol. The minimum absolute atomic E-state index is 0.437. The number of benzene rings is 1. The van der Waals surface area contributed by atoms with Crippen molar-refractivity contribution < 1.29 is 14.3 Å². The van der Waals surface area contributed by atoms with E-state index in [-0.39, 0.29) is 0 Å². The maximum absolute atomic E-state index is 11.6. The fourth-order valence-electron chi connectivity index (χ4n) is 2.71. The van der Waals surface area contributed by atoms with E-state index < -0.39 is 12.0 Å². The van der Waals surface area contributed by atoms with E-state index in [1.165, 1.54) is 11.8 Å². The molecule has 1 fully saturated rings. The summed E-state index contributed by atoms with van der Waals surface area (Å²) < 4.78 is 7.37. The summed E-state index contributed by atoms with van der Waals surface area (Å²) in [6.07, 6.45) is 3.03. The van der Waals surface area contributed by atoms with Crippen LogP contribution >= 0.6 is 52.1 Å². The number of halogens is 1. The van der Waals surface area contributed by atoms with Gasteiger partial charge in [0.15, 0.2) is 0 Å². The molecule has 0 aliphatic carbocycles. The number of furan rings is 1. The Morgan fingerprint density at radius 3 is 2.63 bits per heavy atom. The fourth-order valence-corrected chi connectivity index (χ4v) is 4.85. The molecule has 0 radical (unpaired) electrons. The Bertz CT molecular complexity index is 921. The molecule has 3 rings (SSSR count). The van der Waals surface area contributed by atoms with E-state index in [9.17, 15) is 9.90 Å². The van der Waals surface area contributed by atoms with Gasteiger partial charge in [0.1, 0.15) is 26.9 Å². The zero-order valence-electron chi connectivity index (χ0n) is 14.3. The van der Waals surface area contributed by atoms with Gasteiger partial charge in [0.25, 0.3) is 0 Å². The lowest BCUT2D eigenvalue weighted by atomic mass is 10.1. The van der Waals surface area contributed by atoms with Crippen LogP contribution in [-0.4, -0.2) is 31.3 Å². The predicted octanol–water partition coefficient (Wildman–Crippen LogP) is 5.96. The van der Waals surface area contributed by atoms with Gasteiger partial charge in [-0.1, -0.05) is 77.6 Å². The van der Waals surface area contributed by atoms with E-state index in [4.69, 9.17) is 28.9 Å². The second-order valence-corrected chi connectivity index (χ2v) is 8.88. The largest absolute Gasteiger partial charge is 0.480 e. The first-order valence-electron chi connectivity index (χ1n) is 8.26. The molecule has 1 aliphatic heterocycles. The average molecular weight is 482 g/mol. The minimum atomic E-state index is -0.918. The number of carboxylic acids is 1. The monoisotopic (exact) mass is 481 g/mol. The zero-order chi connectivity index (χ0) is 19.6. The second kappa shape index (κ2) is 8.68. The quantitative estimate of drug-likeness (QED) is 0.403. The highest BCUT2D eigenvalue weighted by Crippen LogP contribution is 2.36. The lowest BCUT2D eigenvalue weighted by molar-refractivity contribution is -0.140. The number of carboxylic acid groups (broad SMARTS) is 1. The van der Waals surface area contributed by atoms with Crippen molar-refractivity contribution in [1.29, 1.82) is 0 Å². The highest BCUT2D eigenvalue weighted by Gasteiger charge is 2.37. The van der Waals surface area contributed by atoms with E-state index in [0.717, 1.165) is 27.1 Å². The third-order valence-electron chi connectivity index (χ3n) is 4.01. The number of hydrogen-bond acceptors (Lipinski definition) is 5. The van der Waals surface area contributed by atoms with Gasteiger partial charge < -0.3 is 14.4 Å². The van der Waals surface area contributed by atoms with Gasteiger partial charge in [0.2, 0.25) is 0 Å². The van der Waals surface area contributed by atoms with Crippen LogP contribution in [0.15, 0.2) is 50.2 Å². The number of hydrogen-bond donors (Lipinski definition) is 1. The van der Waals surface area contributed by atoms with Gasteiger partial charge in [0.05, 0.1) is 4.91 Å². The van der Waals surface area contributed by atoms with Gasteiger partial charge in [-0.2, -0.15) is 0 Å². The average Bonchev–Trinajstić information content (AvgIpc) is 3.19. The molecule has 1 saturated heterocycles. The van der Waals surface area contributed by atoms with Crippen molar-refractivity contribution in [3.8, 4) is 11.3 Å². The van der Waals surface area contributed by atoms with Crippen LogP contribution in [0.3, 0.4) is 0 Å². The summed E-state index contributed by atoms with van der Waals surface area (Å²) in [5.74, 6) is 0.473. The van der Waals surface area contributed by atoms with E-state index in [1.54, 1.807) is 4.90 Å². The van der Waals surface area contributed by atoms with Crippen LogP contribution < -0.4 is 0 Å². The van der Waals surface area contributed by atoms with Crippen molar-refractivity contribution in [2.24, 2.45) is 0 Å². The summed E-state index contributed by atoms with van der Waals surface area (Å²) in [6.45, 7) is 1.94. The maximum atomic E-state index is 11.6. The second-order valence-electron chi connectivity index (χ2n) is 5.90. The first kappa shape index (κ1) is 20.3.